The van der Waals surface area contributed by atoms with E-state index in [2.05, 4.69) is 4.90 Å². The third kappa shape index (κ3) is 4.39. The molecule has 5 nitrogen and oxygen atoms in total. The van der Waals surface area contributed by atoms with E-state index in [1.165, 1.54) is 12.1 Å². The molecule has 114 valence electrons. The van der Waals surface area contributed by atoms with E-state index in [1.54, 1.807) is 18.0 Å². The van der Waals surface area contributed by atoms with Gasteiger partial charge in [-0.1, -0.05) is 0 Å². The van der Waals surface area contributed by atoms with Gasteiger partial charge in [-0.05, 0) is 18.2 Å². The fraction of sp³-hybridized carbons (Fsp3) is 0.533. The molecule has 0 amide bonds. The van der Waals surface area contributed by atoms with E-state index in [9.17, 15) is 9.50 Å². The molecular formula is C15H20FN3O2. The number of morpholine rings is 1. The summed E-state index contributed by atoms with van der Waals surface area (Å²) in [6.07, 6.45) is -0.537. The van der Waals surface area contributed by atoms with E-state index in [0.29, 0.717) is 32.0 Å². The van der Waals surface area contributed by atoms with Crippen molar-refractivity contribution in [2.75, 3.05) is 51.3 Å². The Morgan fingerprint density at radius 1 is 1.48 bits per heavy atom. The Morgan fingerprint density at radius 3 is 2.86 bits per heavy atom. The summed E-state index contributed by atoms with van der Waals surface area (Å²) in [6, 6.07) is 6.08. The van der Waals surface area contributed by atoms with Crippen LogP contribution in [0.2, 0.25) is 0 Å². The van der Waals surface area contributed by atoms with Crippen molar-refractivity contribution >= 4 is 5.69 Å². The van der Waals surface area contributed by atoms with Gasteiger partial charge in [-0.2, -0.15) is 5.26 Å². The zero-order chi connectivity index (χ0) is 15.2. The molecule has 1 unspecified atom stereocenters. The summed E-state index contributed by atoms with van der Waals surface area (Å²) in [7, 11) is 1.79. The van der Waals surface area contributed by atoms with Crippen molar-refractivity contribution in [3.8, 4) is 6.07 Å². The minimum absolute atomic E-state index is 0.274. The topological polar surface area (TPSA) is 59.7 Å². The SMILES string of the molecule is CN(CC(O)CN1CCOCC1)c1ccc(F)cc1C#N. The van der Waals surface area contributed by atoms with Crippen molar-refractivity contribution in [3.05, 3.63) is 29.6 Å². The molecule has 1 aliphatic rings. The average molecular weight is 293 g/mol. The molecule has 21 heavy (non-hydrogen) atoms. The van der Waals surface area contributed by atoms with Crippen molar-refractivity contribution in [1.29, 1.82) is 5.26 Å². The monoisotopic (exact) mass is 293 g/mol. The maximum absolute atomic E-state index is 13.1. The number of halogens is 1. The van der Waals surface area contributed by atoms with Crippen molar-refractivity contribution in [2.45, 2.75) is 6.10 Å². The third-order valence-corrected chi connectivity index (χ3v) is 3.55. The minimum Gasteiger partial charge on any atom is -0.390 e. The molecule has 6 heteroatoms. The predicted molar refractivity (Wildman–Crippen MR) is 77.7 cm³/mol. The van der Waals surface area contributed by atoms with Gasteiger partial charge in [0.2, 0.25) is 0 Å². The summed E-state index contributed by atoms with van der Waals surface area (Å²) < 4.78 is 18.4. The quantitative estimate of drug-likeness (QED) is 0.871. The van der Waals surface area contributed by atoms with Crippen molar-refractivity contribution in [2.24, 2.45) is 0 Å². The van der Waals surface area contributed by atoms with Gasteiger partial charge in [0.05, 0.1) is 30.6 Å². The lowest BCUT2D eigenvalue weighted by molar-refractivity contribution is 0.0162. The van der Waals surface area contributed by atoms with E-state index in [4.69, 9.17) is 10.00 Å². The largest absolute Gasteiger partial charge is 0.390 e. The summed E-state index contributed by atoms with van der Waals surface area (Å²) in [6.45, 7) is 3.98. The van der Waals surface area contributed by atoms with Gasteiger partial charge in [-0.3, -0.25) is 4.90 Å². The van der Waals surface area contributed by atoms with Gasteiger partial charge in [0.1, 0.15) is 11.9 Å². The van der Waals surface area contributed by atoms with E-state index >= 15 is 0 Å². The second kappa shape index (κ2) is 7.36. The number of ether oxygens (including phenoxy) is 1. The molecule has 0 radical (unpaired) electrons. The molecule has 0 spiro atoms. The van der Waals surface area contributed by atoms with Gasteiger partial charge >= 0.3 is 0 Å². The number of hydrogen-bond acceptors (Lipinski definition) is 5. The lowest BCUT2D eigenvalue weighted by Gasteiger charge is -2.30. The van der Waals surface area contributed by atoms with Gasteiger partial charge in [-0.15, -0.1) is 0 Å². The van der Waals surface area contributed by atoms with Crippen LogP contribution < -0.4 is 4.90 Å². The molecular weight excluding hydrogens is 273 g/mol. The lowest BCUT2D eigenvalue weighted by atomic mass is 10.1. The molecule has 1 saturated heterocycles. The number of hydrogen-bond donors (Lipinski definition) is 1. The van der Waals surface area contributed by atoms with Gasteiger partial charge in [0, 0.05) is 33.2 Å². The molecule has 0 aliphatic carbocycles. The fourth-order valence-electron chi connectivity index (χ4n) is 2.48. The zero-order valence-electron chi connectivity index (χ0n) is 12.1. The van der Waals surface area contributed by atoms with Crippen LogP contribution >= 0.6 is 0 Å². The summed E-state index contributed by atoms with van der Waals surface area (Å²) in [4.78, 5) is 3.93. The van der Waals surface area contributed by atoms with Crippen LogP contribution in [-0.4, -0.2) is 62.6 Å². The lowest BCUT2D eigenvalue weighted by Crippen LogP contribution is -2.44. The van der Waals surface area contributed by atoms with Gasteiger partial charge in [0.15, 0.2) is 0 Å². The van der Waals surface area contributed by atoms with E-state index in [-0.39, 0.29) is 5.56 Å². The smallest absolute Gasteiger partial charge is 0.124 e. The maximum atomic E-state index is 13.1. The molecule has 1 N–H and O–H groups in total. The Hall–Kier alpha value is -1.68. The Balaban J connectivity index is 1.94. The van der Waals surface area contributed by atoms with Crippen LogP contribution in [0.4, 0.5) is 10.1 Å². The number of aliphatic hydroxyl groups excluding tert-OH is 1. The molecule has 1 fully saturated rings. The first-order valence-corrected chi connectivity index (χ1v) is 6.99. The number of nitriles is 1. The van der Waals surface area contributed by atoms with Crippen LogP contribution in [-0.2, 0) is 4.74 Å². The van der Waals surface area contributed by atoms with E-state index in [0.717, 1.165) is 13.1 Å². The second-order valence-electron chi connectivity index (χ2n) is 5.22. The molecule has 1 aliphatic heterocycles. The Kier molecular flexibility index (Phi) is 5.51. The number of rotatable bonds is 5. The van der Waals surface area contributed by atoms with Crippen LogP contribution in [0.1, 0.15) is 5.56 Å². The standard InChI is InChI=1S/C15H20FN3O2/c1-18(15-3-2-13(16)8-12(15)9-17)10-14(20)11-19-4-6-21-7-5-19/h2-3,8,14,20H,4-7,10-11H2,1H3. The number of aliphatic hydroxyl groups is 1. The Bertz CT molecular complexity index is 512. The molecule has 1 aromatic carbocycles. The highest BCUT2D eigenvalue weighted by atomic mass is 19.1. The molecule has 1 aromatic rings. The molecule has 1 atom stereocenters. The third-order valence-electron chi connectivity index (χ3n) is 3.55. The number of likely N-dealkylation sites (N-methyl/N-ethyl adjacent to an activating group) is 1. The van der Waals surface area contributed by atoms with E-state index < -0.39 is 11.9 Å². The molecule has 0 aromatic heterocycles. The zero-order valence-corrected chi connectivity index (χ0v) is 12.1. The number of anilines is 1. The molecule has 0 bridgehead atoms. The van der Waals surface area contributed by atoms with Crippen molar-refractivity contribution in [3.63, 3.8) is 0 Å². The molecule has 0 saturated carbocycles. The highest BCUT2D eigenvalue weighted by Gasteiger charge is 2.17. The predicted octanol–water partition coefficient (Wildman–Crippen LogP) is 0.827. The normalized spacial score (nSPS) is 17.2. The van der Waals surface area contributed by atoms with Crippen LogP contribution in [0.25, 0.3) is 0 Å². The highest BCUT2D eigenvalue weighted by Crippen LogP contribution is 2.20. The highest BCUT2D eigenvalue weighted by molar-refractivity contribution is 5.59. The Morgan fingerprint density at radius 2 is 2.19 bits per heavy atom. The number of β-amino-alcohol motifs (C(OH)–C–C–N with tert-alkyl or cyclic N) is 1. The number of nitrogens with zero attached hydrogens (tertiary/aromatic N) is 3. The maximum Gasteiger partial charge on any atom is 0.124 e. The molecule has 2 rings (SSSR count). The summed E-state index contributed by atoms with van der Waals surface area (Å²) in [5, 5.41) is 19.2. The van der Waals surface area contributed by atoms with E-state index in [1.807, 2.05) is 6.07 Å². The van der Waals surface area contributed by atoms with Crippen LogP contribution in [0.3, 0.4) is 0 Å². The van der Waals surface area contributed by atoms with Crippen LogP contribution in [0, 0.1) is 17.1 Å². The first-order valence-electron chi connectivity index (χ1n) is 6.99. The summed E-state index contributed by atoms with van der Waals surface area (Å²) in [5.41, 5.74) is 0.899. The van der Waals surface area contributed by atoms with Gasteiger partial charge in [0.25, 0.3) is 0 Å². The molecule has 1 heterocycles. The summed E-state index contributed by atoms with van der Waals surface area (Å²) >= 11 is 0. The summed E-state index contributed by atoms with van der Waals surface area (Å²) in [5.74, 6) is -0.433. The van der Waals surface area contributed by atoms with Crippen molar-refractivity contribution in [1.82, 2.24) is 4.90 Å². The first-order chi connectivity index (χ1) is 10.1. The van der Waals surface area contributed by atoms with Gasteiger partial charge < -0.3 is 14.7 Å². The van der Waals surface area contributed by atoms with Crippen molar-refractivity contribution < 1.29 is 14.2 Å². The first kappa shape index (κ1) is 15.7. The van der Waals surface area contributed by atoms with Crippen LogP contribution in [0.15, 0.2) is 18.2 Å². The van der Waals surface area contributed by atoms with Gasteiger partial charge in [-0.25, -0.2) is 4.39 Å². The average Bonchev–Trinajstić information content (AvgIpc) is 2.47. The number of benzene rings is 1. The fourth-order valence-corrected chi connectivity index (χ4v) is 2.48. The Labute approximate surface area is 124 Å². The van der Waals surface area contributed by atoms with Crippen LogP contribution in [0.5, 0.6) is 0 Å². The second-order valence-corrected chi connectivity index (χ2v) is 5.22. The minimum atomic E-state index is -0.537.